The fourth-order valence-corrected chi connectivity index (χ4v) is 2.54. The highest BCUT2D eigenvalue weighted by Crippen LogP contribution is 2.43. The first-order valence-electron chi connectivity index (χ1n) is 6.24. The van der Waals surface area contributed by atoms with Gasteiger partial charge in [0.25, 0.3) is 5.76 Å². The molecule has 7 heteroatoms. The summed E-state index contributed by atoms with van der Waals surface area (Å²) in [6, 6.07) is 7.12. The molecule has 0 saturated heterocycles. The van der Waals surface area contributed by atoms with Crippen molar-refractivity contribution in [3.8, 4) is 0 Å². The van der Waals surface area contributed by atoms with Crippen LogP contribution in [-0.4, -0.2) is 15.9 Å². The van der Waals surface area contributed by atoms with E-state index < -0.39 is 5.76 Å². The van der Waals surface area contributed by atoms with Crippen molar-refractivity contribution in [1.82, 2.24) is 15.5 Å². The van der Waals surface area contributed by atoms with Crippen LogP contribution in [0.15, 0.2) is 40.1 Å². The van der Waals surface area contributed by atoms with Crippen LogP contribution in [-0.2, 0) is 12.1 Å². The number of hydrogen-bond acceptors (Lipinski definition) is 5. The maximum absolute atomic E-state index is 12.2. The van der Waals surface area contributed by atoms with E-state index in [2.05, 4.69) is 15.5 Å². The third-order valence-electron chi connectivity index (χ3n) is 3.32. The maximum Gasteiger partial charge on any atom is 0.288 e. The van der Waals surface area contributed by atoms with Gasteiger partial charge in [0.15, 0.2) is 5.82 Å². The first-order valence-corrected chi connectivity index (χ1v) is 7.12. The molecule has 1 fully saturated rings. The van der Waals surface area contributed by atoms with Crippen molar-refractivity contribution in [3.05, 3.63) is 42.0 Å². The third kappa shape index (κ3) is 2.99. The number of nitrogens with one attached hydrogen (secondary N) is 1. The lowest BCUT2D eigenvalue weighted by Crippen LogP contribution is -2.29. The van der Waals surface area contributed by atoms with Crippen molar-refractivity contribution in [2.24, 2.45) is 0 Å². The molecule has 1 N–H and O–H groups in total. The first-order chi connectivity index (χ1) is 9.68. The Morgan fingerprint density at radius 2 is 2.05 bits per heavy atom. The van der Waals surface area contributed by atoms with E-state index in [1.54, 1.807) is 12.1 Å². The second-order valence-corrected chi connectivity index (χ2v) is 5.78. The second-order valence-electron chi connectivity index (χ2n) is 4.71. The Morgan fingerprint density at radius 1 is 1.30 bits per heavy atom. The molecule has 1 aromatic carbocycles. The first kappa shape index (κ1) is 13.5. The third-order valence-corrected chi connectivity index (χ3v) is 4.04. The van der Waals surface area contributed by atoms with Crippen molar-refractivity contribution < 1.29 is 13.3 Å². The van der Waals surface area contributed by atoms with Crippen LogP contribution in [0, 0.1) is 0 Å². The summed E-state index contributed by atoms with van der Waals surface area (Å²) in [4.78, 5) is 4.65. The molecule has 20 heavy (non-hydrogen) atoms. The summed E-state index contributed by atoms with van der Waals surface area (Å²) in [6.45, 7) is 0.647. The molecular weight excluding hydrogens is 284 g/mol. The predicted molar refractivity (Wildman–Crippen MR) is 70.4 cm³/mol. The number of thioether (sulfide) groups is 1. The van der Waals surface area contributed by atoms with Gasteiger partial charge in [0.2, 0.25) is 6.39 Å². The molecule has 0 unspecified atom stereocenters. The SMILES string of the molecule is FC(F)Sc1ccc(CNC2(c3ncon3)CC2)cc1. The number of nitrogens with zero attached hydrogens (tertiary/aromatic N) is 2. The van der Waals surface area contributed by atoms with E-state index >= 15 is 0 Å². The van der Waals surface area contributed by atoms with Gasteiger partial charge in [-0.15, -0.1) is 0 Å². The number of hydrogen-bond donors (Lipinski definition) is 1. The van der Waals surface area contributed by atoms with Crippen LogP contribution < -0.4 is 5.32 Å². The Balaban J connectivity index is 1.59. The van der Waals surface area contributed by atoms with Gasteiger partial charge in [-0.2, -0.15) is 13.8 Å². The molecule has 1 heterocycles. The quantitative estimate of drug-likeness (QED) is 0.830. The van der Waals surface area contributed by atoms with Gasteiger partial charge in [-0.05, 0) is 30.5 Å². The molecule has 106 valence electrons. The Morgan fingerprint density at radius 3 is 2.60 bits per heavy atom. The van der Waals surface area contributed by atoms with Gasteiger partial charge in [-0.1, -0.05) is 29.1 Å². The molecule has 1 aliphatic rings. The van der Waals surface area contributed by atoms with Gasteiger partial charge in [0.1, 0.15) is 0 Å². The van der Waals surface area contributed by atoms with Crippen LogP contribution in [0.1, 0.15) is 24.2 Å². The minimum atomic E-state index is -2.38. The lowest BCUT2D eigenvalue weighted by atomic mass is 10.2. The summed E-state index contributed by atoms with van der Waals surface area (Å²) in [5.74, 6) is -1.70. The van der Waals surface area contributed by atoms with E-state index in [0.29, 0.717) is 29.0 Å². The van der Waals surface area contributed by atoms with Gasteiger partial charge in [0.05, 0.1) is 5.54 Å². The van der Waals surface area contributed by atoms with Crippen molar-refractivity contribution in [2.45, 2.75) is 35.6 Å². The van der Waals surface area contributed by atoms with Crippen LogP contribution in [0.3, 0.4) is 0 Å². The molecule has 0 aliphatic heterocycles. The van der Waals surface area contributed by atoms with Crippen LogP contribution in [0.5, 0.6) is 0 Å². The zero-order valence-corrected chi connectivity index (χ0v) is 11.4. The van der Waals surface area contributed by atoms with E-state index in [4.69, 9.17) is 4.52 Å². The Hall–Kier alpha value is -1.47. The molecule has 2 aromatic rings. The predicted octanol–water partition coefficient (Wildman–Crippen LogP) is 3.16. The number of alkyl halides is 2. The second kappa shape index (κ2) is 5.49. The highest BCUT2D eigenvalue weighted by atomic mass is 32.2. The Labute approximate surface area is 118 Å². The molecule has 0 amide bonds. The monoisotopic (exact) mass is 297 g/mol. The van der Waals surface area contributed by atoms with E-state index in [-0.39, 0.29) is 5.54 Å². The summed E-state index contributed by atoms with van der Waals surface area (Å²) in [5.41, 5.74) is 0.863. The molecule has 1 saturated carbocycles. The van der Waals surface area contributed by atoms with E-state index in [0.717, 1.165) is 18.4 Å². The molecule has 4 nitrogen and oxygen atoms in total. The smallest absolute Gasteiger partial charge is 0.288 e. The molecule has 1 aliphatic carbocycles. The number of halogens is 2. The molecule has 0 spiro atoms. The topological polar surface area (TPSA) is 51.0 Å². The van der Waals surface area contributed by atoms with Crippen LogP contribution in [0.25, 0.3) is 0 Å². The van der Waals surface area contributed by atoms with Gasteiger partial charge < -0.3 is 9.84 Å². The largest absolute Gasteiger partial charge is 0.343 e. The summed E-state index contributed by atoms with van der Waals surface area (Å²) in [6.07, 6.45) is 3.28. The minimum absolute atomic E-state index is 0.177. The fraction of sp³-hybridized carbons (Fsp3) is 0.385. The highest BCUT2D eigenvalue weighted by Gasteiger charge is 2.47. The van der Waals surface area contributed by atoms with E-state index in [1.807, 2.05) is 12.1 Å². The number of aromatic nitrogens is 2. The van der Waals surface area contributed by atoms with E-state index in [9.17, 15) is 8.78 Å². The van der Waals surface area contributed by atoms with Crippen molar-refractivity contribution in [2.75, 3.05) is 0 Å². The van der Waals surface area contributed by atoms with Crippen molar-refractivity contribution in [3.63, 3.8) is 0 Å². The molecule has 0 radical (unpaired) electrons. The summed E-state index contributed by atoms with van der Waals surface area (Å²) >= 11 is 0.555. The standard InChI is InChI=1S/C13H13F2N3OS/c14-12(15)20-10-3-1-9(2-4-10)7-17-13(5-6-13)11-16-8-19-18-11/h1-4,8,12,17H,5-7H2. The van der Waals surface area contributed by atoms with E-state index in [1.165, 1.54) is 6.39 Å². The Kier molecular flexibility index (Phi) is 3.71. The lowest BCUT2D eigenvalue weighted by Gasteiger charge is -2.13. The van der Waals surface area contributed by atoms with Crippen LogP contribution in [0.4, 0.5) is 8.78 Å². The summed E-state index contributed by atoms with van der Waals surface area (Å²) < 4.78 is 29.2. The average Bonchev–Trinajstić information content (AvgIpc) is 3.01. The molecular formula is C13H13F2N3OS. The minimum Gasteiger partial charge on any atom is -0.343 e. The average molecular weight is 297 g/mol. The van der Waals surface area contributed by atoms with Gasteiger partial charge in [-0.3, -0.25) is 0 Å². The van der Waals surface area contributed by atoms with Crippen LogP contribution in [0.2, 0.25) is 0 Å². The normalized spacial score (nSPS) is 16.6. The zero-order valence-electron chi connectivity index (χ0n) is 10.6. The lowest BCUT2D eigenvalue weighted by molar-refractivity contribution is 0.252. The van der Waals surface area contributed by atoms with Crippen molar-refractivity contribution in [1.29, 1.82) is 0 Å². The number of rotatable bonds is 6. The van der Waals surface area contributed by atoms with Gasteiger partial charge >= 0.3 is 0 Å². The van der Waals surface area contributed by atoms with Crippen LogP contribution >= 0.6 is 11.8 Å². The van der Waals surface area contributed by atoms with Gasteiger partial charge in [-0.25, -0.2) is 0 Å². The number of benzene rings is 1. The molecule has 3 rings (SSSR count). The fourth-order valence-electron chi connectivity index (χ4n) is 2.05. The highest BCUT2D eigenvalue weighted by molar-refractivity contribution is 7.99. The molecule has 1 aromatic heterocycles. The summed E-state index contributed by atoms with van der Waals surface area (Å²) in [5, 5.41) is 7.28. The zero-order chi connectivity index (χ0) is 14.0. The molecule has 0 bridgehead atoms. The maximum atomic E-state index is 12.2. The summed E-state index contributed by atoms with van der Waals surface area (Å²) in [7, 11) is 0. The molecule has 0 atom stereocenters. The Bertz CT molecular complexity index is 556. The van der Waals surface area contributed by atoms with Gasteiger partial charge in [0, 0.05) is 11.4 Å². The van der Waals surface area contributed by atoms with Crippen molar-refractivity contribution >= 4 is 11.8 Å².